The van der Waals surface area contributed by atoms with E-state index in [1.165, 1.54) is 0 Å². The quantitative estimate of drug-likeness (QED) is 0.547. The van der Waals surface area contributed by atoms with E-state index in [4.69, 9.17) is 16.3 Å². The van der Waals surface area contributed by atoms with Crippen LogP contribution in [0.5, 0.6) is 5.75 Å². The fourth-order valence-corrected chi connectivity index (χ4v) is 3.04. The lowest BCUT2D eigenvalue weighted by Crippen LogP contribution is -2.01. The Hall–Kier alpha value is -3.06. The number of ether oxygens (including phenoxy) is 1. The summed E-state index contributed by atoms with van der Waals surface area (Å²) in [7, 11) is 3.55. The largest absolute Gasteiger partial charge is 0.494 e. The zero-order chi connectivity index (χ0) is 18.1. The molecule has 8 heteroatoms. The Labute approximate surface area is 155 Å². The minimum absolute atomic E-state index is 0.452. The predicted octanol–water partition coefficient (Wildman–Crippen LogP) is 3.40. The van der Waals surface area contributed by atoms with Gasteiger partial charge in [0, 0.05) is 54.6 Å². The smallest absolute Gasteiger partial charge is 0.145 e. The van der Waals surface area contributed by atoms with E-state index in [0.717, 1.165) is 33.6 Å². The van der Waals surface area contributed by atoms with Gasteiger partial charge in [-0.2, -0.15) is 10.2 Å². The molecule has 4 aromatic rings. The minimum Gasteiger partial charge on any atom is -0.494 e. The molecule has 0 aliphatic rings. The van der Waals surface area contributed by atoms with E-state index in [-0.39, 0.29) is 0 Å². The lowest BCUT2D eigenvalue weighted by molar-refractivity contribution is 0.417. The number of aromatic nitrogens is 5. The Morgan fingerprint density at radius 1 is 1.15 bits per heavy atom. The number of pyridine rings is 2. The second kappa shape index (κ2) is 6.68. The van der Waals surface area contributed by atoms with Crippen molar-refractivity contribution in [2.75, 3.05) is 12.4 Å². The molecular weight excluding hydrogens is 352 g/mol. The maximum Gasteiger partial charge on any atom is 0.145 e. The predicted molar refractivity (Wildman–Crippen MR) is 101 cm³/mol. The molecule has 0 amide bonds. The van der Waals surface area contributed by atoms with Gasteiger partial charge in [-0.3, -0.25) is 4.68 Å². The van der Waals surface area contributed by atoms with Crippen LogP contribution in [0.2, 0.25) is 5.15 Å². The lowest BCUT2D eigenvalue weighted by Gasteiger charge is -2.09. The third-order valence-electron chi connectivity index (χ3n) is 4.12. The van der Waals surface area contributed by atoms with E-state index in [1.54, 1.807) is 24.1 Å². The first-order valence-electron chi connectivity index (χ1n) is 8.03. The molecule has 4 heterocycles. The topological polar surface area (TPSA) is 69.3 Å². The van der Waals surface area contributed by atoms with Crippen LogP contribution in [0.25, 0.3) is 16.6 Å². The molecule has 0 aromatic carbocycles. The summed E-state index contributed by atoms with van der Waals surface area (Å²) in [6.07, 6.45) is 9.25. The van der Waals surface area contributed by atoms with E-state index in [0.29, 0.717) is 11.7 Å². The van der Waals surface area contributed by atoms with Crippen molar-refractivity contribution in [2.24, 2.45) is 7.05 Å². The molecule has 7 nitrogen and oxygen atoms in total. The van der Waals surface area contributed by atoms with Crippen LogP contribution in [0.4, 0.5) is 5.69 Å². The van der Waals surface area contributed by atoms with Crippen molar-refractivity contribution in [1.82, 2.24) is 24.4 Å². The highest BCUT2D eigenvalue weighted by molar-refractivity contribution is 6.29. The molecule has 0 bridgehead atoms. The molecular formula is C18H17ClN6O. The second-order valence-electron chi connectivity index (χ2n) is 5.88. The Kier molecular flexibility index (Phi) is 4.22. The van der Waals surface area contributed by atoms with Gasteiger partial charge in [-0.05, 0) is 18.2 Å². The minimum atomic E-state index is 0.452. The van der Waals surface area contributed by atoms with Gasteiger partial charge < -0.3 is 10.1 Å². The number of hydrogen-bond donors (Lipinski definition) is 1. The van der Waals surface area contributed by atoms with Gasteiger partial charge in [0.25, 0.3) is 0 Å². The van der Waals surface area contributed by atoms with Crippen LogP contribution in [0.15, 0.2) is 49.2 Å². The van der Waals surface area contributed by atoms with Gasteiger partial charge >= 0.3 is 0 Å². The fourth-order valence-electron chi connectivity index (χ4n) is 2.87. The molecule has 0 radical (unpaired) electrons. The van der Waals surface area contributed by atoms with Crippen LogP contribution < -0.4 is 10.1 Å². The van der Waals surface area contributed by atoms with Crippen LogP contribution in [0.1, 0.15) is 5.56 Å². The summed E-state index contributed by atoms with van der Waals surface area (Å²) >= 11 is 5.93. The summed E-state index contributed by atoms with van der Waals surface area (Å²) in [4.78, 5) is 3.98. The average molecular weight is 369 g/mol. The molecule has 132 valence electrons. The molecule has 26 heavy (non-hydrogen) atoms. The molecule has 0 spiro atoms. The fraction of sp³-hybridized carbons (Fsp3) is 0.167. The number of nitrogens with zero attached hydrogens (tertiary/aromatic N) is 5. The van der Waals surface area contributed by atoms with Crippen molar-refractivity contribution in [3.05, 3.63) is 59.9 Å². The van der Waals surface area contributed by atoms with Crippen molar-refractivity contribution in [1.29, 1.82) is 0 Å². The highest BCUT2D eigenvalue weighted by Gasteiger charge is 2.13. The van der Waals surface area contributed by atoms with Crippen molar-refractivity contribution >= 4 is 22.8 Å². The van der Waals surface area contributed by atoms with Gasteiger partial charge in [-0.1, -0.05) is 11.6 Å². The monoisotopic (exact) mass is 368 g/mol. The van der Waals surface area contributed by atoms with Crippen LogP contribution in [0, 0.1) is 0 Å². The number of fused-ring (bicyclic) bond motifs is 1. The molecule has 0 aliphatic carbocycles. The summed E-state index contributed by atoms with van der Waals surface area (Å²) in [5.41, 5.74) is 4.84. The lowest BCUT2D eigenvalue weighted by atomic mass is 10.1. The number of anilines is 1. The van der Waals surface area contributed by atoms with Gasteiger partial charge in [0.15, 0.2) is 0 Å². The number of methoxy groups -OCH3 is 1. The third kappa shape index (κ3) is 3.09. The van der Waals surface area contributed by atoms with E-state index in [1.807, 2.05) is 48.5 Å². The van der Waals surface area contributed by atoms with Gasteiger partial charge in [-0.25, -0.2) is 9.50 Å². The summed E-state index contributed by atoms with van der Waals surface area (Å²) in [5, 5.41) is 12.5. The normalized spacial score (nSPS) is 11.0. The van der Waals surface area contributed by atoms with Gasteiger partial charge in [0.05, 0.1) is 19.5 Å². The Morgan fingerprint density at radius 2 is 2.04 bits per heavy atom. The molecule has 0 saturated heterocycles. The number of hydrogen-bond acceptors (Lipinski definition) is 5. The Morgan fingerprint density at radius 3 is 2.77 bits per heavy atom. The zero-order valence-corrected chi connectivity index (χ0v) is 15.1. The van der Waals surface area contributed by atoms with Gasteiger partial charge in [0.2, 0.25) is 0 Å². The van der Waals surface area contributed by atoms with Crippen LogP contribution in [-0.2, 0) is 13.6 Å². The van der Waals surface area contributed by atoms with Gasteiger partial charge in [-0.15, -0.1) is 0 Å². The highest BCUT2D eigenvalue weighted by Crippen LogP contribution is 2.30. The molecule has 4 rings (SSSR count). The SMILES string of the molecule is COc1cc(-c2cnn(C)c2)cn2ncc(CNc3ccnc(Cl)c3)c12. The number of aryl methyl sites for hydroxylation is 1. The van der Waals surface area contributed by atoms with E-state index in [2.05, 4.69) is 20.5 Å². The molecule has 4 aromatic heterocycles. The Bertz CT molecular complexity index is 1070. The van der Waals surface area contributed by atoms with Gasteiger partial charge in [0.1, 0.15) is 16.4 Å². The first kappa shape index (κ1) is 16.4. The standard InChI is InChI=1S/C18H17ClN6O/c1-24-10-14(9-22-24)12-5-16(26-2)18-13(8-23-25(18)11-12)7-21-15-3-4-20-17(19)6-15/h3-6,8-11H,7H2,1-2H3,(H,20,21). The molecule has 0 fully saturated rings. The maximum absolute atomic E-state index is 5.93. The first-order valence-corrected chi connectivity index (χ1v) is 8.40. The van der Waals surface area contributed by atoms with Crippen molar-refractivity contribution in [2.45, 2.75) is 6.54 Å². The molecule has 0 aliphatic heterocycles. The summed E-state index contributed by atoms with van der Waals surface area (Å²) in [5.74, 6) is 0.758. The number of rotatable bonds is 5. The first-order chi connectivity index (χ1) is 12.6. The van der Waals surface area contributed by atoms with Crippen molar-refractivity contribution in [3.63, 3.8) is 0 Å². The maximum atomic E-state index is 5.93. The summed E-state index contributed by atoms with van der Waals surface area (Å²) < 4.78 is 9.22. The summed E-state index contributed by atoms with van der Waals surface area (Å²) in [6, 6.07) is 5.65. The summed E-state index contributed by atoms with van der Waals surface area (Å²) in [6.45, 7) is 0.590. The van der Waals surface area contributed by atoms with Crippen LogP contribution in [-0.4, -0.2) is 31.5 Å². The Balaban J connectivity index is 1.68. The van der Waals surface area contributed by atoms with Crippen LogP contribution in [0.3, 0.4) is 0 Å². The molecule has 0 unspecified atom stereocenters. The average Bonchev–Trinajstić information content (AvgIpc) is 3.25. The molecule has 1 N–H and O–H groups in total. The number of nitrogens with one attached hydrogen (secondary N) is 1. The van der Waals surface area contributed by atoms with E-state index < -0.39 is 0 Å². The van der Waals surface area contributed by atoms with E-state index in [9.17, 15) is 0 Å². The van der Waals surface area contributed by atoms with E-state index >= 15 is 0 Å². The third-order valence-corrected chi connectivity index (χ3v) is 4.33. The number of halogens is 1. The van der Waals surface area contributed by atoms with Crippen LogP contribution >= 0.6 is 11.6 Å². The molecule has 0 atom stereocenters. The van der Waals surface area contributed by atoms with Crippen molar-refractivity contribution < 1.29 is 4.74 Å². The van der Waals surface area contributed by atoms with Crippen molar-refractivity contribution in [3.8, 4) is 16.9 Å². The zero-order valence-electron chi connectivity index (χ0n) is 14.3. The molecule has 0 saturated carbocycles. The second-order valence-corrected chi connectivity index (χ2v) is 6.27. The highest BCUT2D eigenvalue weighted by atomic mass is 35.5.